The minimum absolute atomic E-state index is 0.0687. The van der Waals surface area contributed by atoms with E-state index in [0.29, 0.717) is 19.6 Å². The highest BCUT2D eigenvalue weighted by Crippen LogP contribution is 2.46. The summed E-state index contributed by atoms with van der Waals surface area (Å²) in [7, 11) is 3.04. The fourth-order valence-corrected chi connectivity index (χ4v) is 7.06. The van der Waals surface area contributed by atoms with Gasteiger partial charge in [0.15, 0.2) is 6.29 Å². The maximum absolute atomic E-state index is 13.8. The van der Waals surface area contributed by atoms with Crippen LogP contribution in [0.4, 0.5) is 24.5 Å². The van der Waals surface area contributed by atoms with Crippen LogP contribution in [0.5, 0.6) is 11.5 Å². The zero-order valence-electron chi connectivity index (χ0n) is 22.6. The molecule has 3 aliphatic rings. The van der Waals surface area contributed by atoms with Crippen LogP contribution < -0.4 is 24.6 Å². The lowest BCUT2D eigenvalue weighted by molar-refractivity contribution is -0.138. The van der Waals surface area contributed by atoms with Gasteiger partial charge in [-0.1, -0.05) is 6.07 Å². The monoisotopic (exact) mass is 578 g/mol. The average molecular weight is 579 g/mol. The van der Waals surface area contributed by atoms with E-state index in [1.807, 2.05) is 24.3 Å². The standard InChI is InChI=1S/C28H33F3N4O4S/c1-17-16-33(10-11-34(17)19-5-4-6-20(14-19)38-2)27-32-21-9-12-40-26(21)23(15-25(36)37)35(27)22-13-18(28(29,30)31)7-8-24(22)39-3/h4-8,13-14,17,23,27,32H,9-12,15-16H2,1-3H3,(H,36,37)/t17-,23-,27?/m1/s1. The van der Waals surface area contributed by atoms with Crippen molar-refractivity contribution in [2.45, 2.75) is 44.3 Å². The molecule has 8 nitrogen and oxygen atoms in total. The van der Waals surface area contributed by atoms with Crippen LogP contribution in [0.15, 0.2) is 53.1 Å². The van der Waals surface area contributed by atoms with Gasteiger partial charge in [-0.3, -0.25) is 9.69 Å². The lowest BCUT2D eigenvalue weighted by atomic mass is 10.0. The molecule has 0 radical (unpaired) electrons. The van der Waals surface area contributed by atoms with Crippen molar-refractivity contribution in [3.05, 3.63) is 58.6 Å². The number of piperazine rings is 1. The van der Waals surface area contributed by atoms with Crippen LogP contribution in [0.2, 0.25) is 0 Å². The molecule has 5 rings (SSSR count). The first-order chi connectivity index (χ1) is 19.1. The van der Waals surface area contributed by atoms with Crippen molar-refractivity contribution >= 4 is 29.1 Å². The molecule has 3 atom stereocenters. The smallest absolute Gasteiger partial charge is 0.416 e. The summed E-state index contributed by atoms with van der Waals surface area (Å²) in [4.78, 5) is 19.2. The number of hydrogen-bond acceptors (Lipinski definition) is 8. The second-order valence-electron chi connectivity index (χ2n) is 10.1. The van der Waals surface area contributed by atoms with Gasteiger partial charge >= 0.3 is 12.1 Å². The SMILES string of the molecule is COc1cccc(N2CCN(C3NC4=C(SCC4)[C@@H](CC(=O)O)N3c3cc(C(F)(F)F)ccc3OC)C[C@H]2C)c1. The molecule has 2 aromatic rings. The number of carbonyl (C=O) groups is 1. The summed E-state index contributed by atoms with van der Waals surface area (Å²) in [6.45, 7) is 3.98. The molecule has 2 N–H and O–H groups in total. The molecule has 12 heteroatoms. The van der Waals surface area contributed by atoms with Crippen molar-refractivity contribution in [1.82, 2.24) is 10.2 Å². The van der Waals surface area contributed by atoms with Crippen molar-refractivity contribution < 1.29 is 32.5 Å². The van der Waals surface area contributed by atoms with Gasteiger partial charge in [0.1, 0.15) is 11.5 Å². The summed E-state index contributed by atoms with van der Waals surface area (Å²) in [5.74, 6) is 0.787. The van der Waals surface area contributed by atoms with Crippen molar-refractivity contribution in [3.8, 4) is 11.5 Å². The predicted molar refractivity (Wildman–Crippen MR) is 149 cm³/mol. The topological polar surface area (TPSA) is 77.5 Å². The minimum Gasteiger partial charge on any atom is -0.497 e. The molecule has 3 aliphatic heterocycles. The van der Waals surface area contributed by atoms with Crippen LogP contribution in [-0.2, 0) is 11.0 Å². The number of carboxylic acids is 1. The van der Waals surface area contributed by atoms with Crippen LogP contribution in [0.25, 0.3) is 0 Å². The van der Waals surface area contributed by atoms with Gasteiger partial charge in [0.25, 0.3) is 0 Å². The number of methoxy groups -OCH3 is 2. The lowest BCUT2D eigenvalue weighted by Crippen LogP contribution is -2.67. The highest BCUT2D eigenvalue weighted by atomic mass is 32.2. The molecule has 0 spiro atoms. The quantitative estimate of drug-likeness (QED) is 0.481. The molecule has 0 saturated carbocycles. The zero-order valence-corrected chi connectivity index (χ0v) is 23.4. The number of thioether (sulfide) groups is 1. The Kier molecular flexibility index (Phi) is 8.01. The molecule has 0 aliphatic carbocycles. The molecular weight excluding hydrogens is 545 g/mol. The summed E-state index contributed by atoms with van der Waals surface area (Å²) >= 11 is 1.56. The number of halogens is 3. The molecular formula is C28H33F3N4O4S. The third kappa shape index (κ3) is 5.51. The van der Waals surface area contributed by atoms with Crippen LogP contribution in [-0.4, -0.2) is 74.0 Å². The number of hydrogen-bond donors (Lipinski definition) is 2. The van der Waals surface area contributed by atoms with Crippen molar-refractivity contribution in [2.75, 3.05) is 49.4 Å². The number of rotatable bonds is 7. The molecule has 0 aromatic heterocycles. The number of alkyl halides is 3. The largest absolute Gasteiger partial charge is 0.497 e. The Morgan fingerprint density at radius 3 is 2.62 bits per heavy atom. The molecule has 216 valence electrons. The highest BCUT2D eigenvalue weighted by molar-refractivity contribution is 8.03. The Balaban J connectivity index is 1.54. The third-order valence-electron chi connectivity index (χ3n) is 7.65. The second-order valence-corrected chi connectivity index (χ2v) is 11.2. The summed E-state index contributed by atoms with van der Waals surface area (Å²) < 4.78 is 52.5. The number of allylic oxidation sites excluding steroid dienone is 1. The van der Waals surface area contributed by atoms with Crippen molar-refractivity contribution in [3.63, 3.8) is 0 Å². The number of nitrogens with one attached hydrogen (secondary N) is 1. The number of ether oxygens (including phenoxy) is 2. The Hall–Kier alpha value is -3.25. The van der Waals surface area contributed by atoms with E-state index in [-0.39, 0.29) is 23.9 Å². The Morgan fingerprint density at radius 1 is 1.15 bits per heavy atom. The fourth-order valence-electron chi connectivity index (χ4n) is 5.81. The molecule has 1 saturated heterocycles. The number of aliphatic carboxylic acids is 1. The Bertz CT molecular complexity index is 1290. The molecule has 2 aromatic carbocycles. The Morgan fingerprint density at radius 2 is 1.95 bits per heavy atom. The van der Waals surface area contributed by atoms with E-state index >= 15 is 0 Å². The first-order valence-corrected chi connectivity index (χ1v) is 14.1. The number of carboxylic acid groups (broad SMARTS) is 1. The van der Waals surface area contributed by atoms with Crippen LogP contribution in [0.1, 0.15) is 25.3 Å². The van der Waals surface area contributed by atoms with Gasteiger partial charge in [0.2, 0.25) is 0 Å². The minimum atomic E-state index is -4.56. The van der Waals surface area contributed by atoms with Gasteiger partial charge in [0, 0.05) is 53.8 Å². The lowest BCUT2D eigenvalue weighted by Gasteiger charge is -2.52. The van der Waals surface area contributed by atoms with E-state index in [4.69, 9.17) is 9.47 Å². The van der Waals surface area contributed by atoms with E-state index in [9.17, 15) is 23.1 Å². The van der Waals surface area contributed by atoms with Gasteiger partial charge in [-0.15, -0.1) is 11.8 Å². The summed E-state index contributed by atoms with van der Waals surface area (Å²) in [6, 6.07) is 10.7. The highest BCUT2D eigenvalue weighted by Gasteiger charge is 2.44. The van der Waals surface area contributed by atoms with Crippen molar-refractivity contribution in [2.24, 2.45) is 0 Å². The van der Waals surface area contributed by atoms with E-state index in [2.05, 4.69) is 22.0 Å². The maximum Gasteiger partial charge on any atom is 0.416 e. The first-order valence-electron chi connectivity index (χ1n) is 13.1. The van der Waals surface area contributed by atoms with Gasteiger partial charge < -0.3 is 29.7 Å². The van der Waals surface area contributed by atoms with E-state index < -0.39 is 30.0 Å². The molecule has 1 unspecified atom stereocenters. The van der Waals surface area contributed by atoms with Crippen molar-refractivity contribution in [1.29, 1.82) is 0 Å². The average Bonchev–Trinajstić information content (AvgIpc) is 3.40. The maximum atomic E-state index is 13.8. The summed E-state index contributed by atoms with van der Waals surface area (Å²) in [5, 5.41) is 13.5. The first kappa shape index (κ1) is 28.3. The third-order valence-corrected chi connectivity index (χ3v) is 8.89. The van der Waals surface area contributed by atoms with Gasteiger partial charge in [-0.2, -0.15) is 13.2 Å². The normalized spacial score (nSPS) is 23.6. The van der Waals surface area contributed by atoms with Crippen LogP contribution >= 0.6 is 11.8 Å². The fraction of sp³-hybridized carbons (Fsp3) is 0.464. The van der Waals surface area contributed by atoms with Crippen LogP contribution in [0.3, 0.4) is 0 Å². The molecule has 1 fully saturated rings. The number of anilines is 2. The molecule has 0 amide bonds. The molecule has 40 heavy (non-hydrogen) atoms. The summed E-state index contributed by atoms with van der Waals surface area (Å²) in [6.07, 6.45) is -4.62. The Labute approximate surface area is 235 Å². The molecule has 0 bridgehead atoms. The van der Waals surface area contributed by atoms with Gasteiger partial charge in [-0.05, 0) is 43.7 Å². The number of benzene rings is 2. The van der Waals surface area contributed by atoms with Gasteiger partial charge in [0.05, 0.1) is 37.9 Å². The van der Waals surface area contributed by atoms with Crippen LogP contribution in [0, 0.1) is 0 Å². The zero-order chi connectivity index (χ0) is 28.6. The summed E-state index contributed by atoms with van der Waals surface area (Å²) in [5.41, 5.74) is 1.39. The number of nitrogens with zero attached hydrogens (tertiary/aromatic N) is 3. The second kappa shape index (κ2) is 11.3. The van der Waals surface area contributed by atoms with Gasteiger partial charge in [-0.25, -0.2) is 0 Å². The predicted octanol–water partition coefficient (Wildman–Crippen LogP) is 4.82. The van der Waals surface area contributed by atoms with E-state index in [1.54, 1.807) is 23.8 Å². The molecule has 3 heterocycles. The van der Waals surface area contributed by atoms with E-state index in [0.717, 1.165) is 46.3 Å². The van der Waals surface area contributed by atoms with E-state index in [1.165, 1.54) is 13.2 Å².